The van der Waals surface area contributed by atoms with Crippen LogP contribution in [0.2, 0.25) is 0 Å². The van der Waals surface area contributed by atoms with Gasteiger partial charge in [-0.2, -0.15) is 0 Å². The molecule has 0 aliphatic carbocycles. The third kappa shape index (κ3) is 3.76. The summed E-state index contributed by atoms with van der Waals surface area (Å²) in [6.45, 7) is 7.67. The summed E-state index contributed by atoms with van der Waals surface area (Å²) in [5, 5.41) is 0.956. The number of nitrogens with zero attached hydrogens (tertiary/aromatic N) is 1. The van der Waals surface area contributed by atoms with Crippen LogP contribution in [0.3, 0.4) is 0 Å². The van der Waals surface area contributed by atoms with Gasteiger partial charge >= 0.3 is 0 Å². The minimum Gasteiger partial charge on any atom is -0.300 e. The molecule has 4 nitrogen and oxygen atoms in total. The van der Waals surface area contributed by atoms with Crippen LogP contribution in [-0.4, -0.2) is 18.2 Å². The molecule has 0 fully saturated rings. The summed E-state index contributed by atoms with van der Waals surface area (Å²) in [4.78, 5) is 12.0. The number of aryl methyl sites for hydroxylation is 3. The first-order valence-electron chi connectivity index (χ1n) is 9.70. The van der Waals surface area contributed by atoms with Gasteiger partial charge in [-0.1, -0.05) is 36.2 Å². The van der Waals surface area contributed by atoms with Crippen molar-refractivity contribution in [1.29, 1.82) is 0 Å². The fourth-order valence-electron chi connectivity index (χ4n) is 3.65. The van der Waals surface area contributed by atoms with Crippen LogP contribution >= 0.6 is 0 Å². The average molecular weight is 398 g/mol. The minimum atomic E-state index is -3.70. The van der Waals surface area contributed by atoms with Crippen LogP contribution in [0.25, 0.3) is 10.9 Å². The maximum Gasteiger partial charge on any atom is 0.268 e. The second-order valence-electron chi connectivity index (χ2n) is 7.41. The van der Waals surface area contributed by atoms with Gasteiger partial charge in [-0.3, -0.25) is 4.79 Å². The first-order valence-corrected chi connectivity index (χ1v) is 11.1. The van der Waals surface area contributed by atoms with E-state index in [1.54, 1.807) is 12.1 Å². The quantitative estimate of drug-likeness (QED) is 0.557. The van der Waals surface area contributed by atoms with Gasteiger partial charge in [0.1, 0.15) is 5.78 Å². The molecule has 0 amide bonds. The van der Waals surface area contributed by atoms with E-state index >= 15 is 0 Å². The van der Waals surface area contributed by atoms with E-state index in [9.17, 15) is 13.2 Å². The second kappa shape index (κ2) is 7.92. The Labute approximate surface area is 167 Å². The molecule has 0 aliphatic heterocycles. The van der Waals surface area contributed by atoms with Crippen molar-refractivity contribution in [3.8, 4) is 0 Å². The van der Waals surface area contributed by atoms with Gasteiger partial charge in [0.25, 0.3) is 10.0 Å². The van der Waals surface area contributed by atoms with Gasteiger partial charge in [-0.25, -0.2) is 12.4 Å². The van der Waals surface area contributed by atoms with Crippen LogP contribution in [-0.2, 0) is 21.2 Å². The molecular weight excluding hydrogens is 370 g/mol. The number of carbonyl (C=O) groups is 1. The molecule has 1 heterocycles. The lowest BCUT2D eigenvalue weighted by Gasteiger charge is -2.11. The van der Waals surface area contributed by atoms with Gasteiger partial charge in [-0.05, 0) is 63.4 Å². The first kappa shape index (κ1) is 20.3. The van der Waals surface area contributed by atoms with Crippen molar-refractivity contribution >= 4 is 26.7 Å². The van der Waals surface area contributed by atoms with Crippen LogP contribution in [0.15, 0.2) is 47.4 Å². The summed E-state index contributed by atoms with van der Waals surface area (Å²) in [6.07, 6.45) is 2.49. The van der Waals surface area contributed by atoms with E-state index in [-0.39, 0.29) is 10.7 Å². The predicted molar refractivity (Wildman–Crippen MR) is 113 cm³/mol. The van der Waals surface area contributed by atoms with Crippen molar-refractivity contribution in [1.82, 2.24) is 3.97 Å². The normalized spacial score (nSPS) is 11.9. The Bertz CT molecular complexity index is 1120. The van der Waals surface area contributed by atoms with E-state index in [1.165, 1.54) is 3.97 Å². The monoisotopic (exact) mass is 397 g/mol. The van der Waals surface area contributed by atoms with Crippen molar-refractivity contribution in [2.45, 2.75) is 58.3 Å². The number of hydrogen-bond acceptors (Lipinski definition) is 3. The van der Waals surface area contributed by atoms with Gasteiger partial charge in [0.15, 0.2) is 0 Å². The van der Waals surface area contributed by atoms with Gasteiger partial charge in [0.05, 0.1) is 10.4 Å². The molecule has 0 spiro atoms. The molecule has 0 bridgehead atoms. The van der Waals surface area contributed by atoms with E-state index in [1.807, 2.05) is 58.0 Å². The standard InChI is InChI=1S/C23H27NO3S/c1-5-19(25)7-6-8-21-18(4)24(23-14-11-17(3)15-22(21)23)28(26,27)20-12-9-16(2)10-13-20/h9-15H,5-8H2,1-4H3. The zero-order chi connectivity index (χ0) is 20.5. The summed E-state index contributed by atoms with van der Waals surface area (Å²) in [7, 11) is -3.70. The number of aromatic nitrogens is 1. The molecule has 0 aliphatic rings. The molecule has 0 radical (unpaired) electrons. The van der Waals surface area contributed by atoms with Crippen molar-refractivity contribution in [2.75, 3.05) is 0 Å². The molecule has 0 unspecified atom stereocenters. The Morgan fingerprint density at radius 3 is 2.25 bits per heavy atom. The first-order chi connectivity index (χ1) is 13.3. The number of fused-ring (bicyclic) bond motifs is 1. The summed E-state index contributed by atoms with van der Waals surface area (Å²) >= 11 is 0. The minimum absolute atomic E-state index is 0.241. The lowest BCUT2D eigenvalue weighted by molar-refractivity contribution is -0.118. The van der Waals surface area contributed by atoms with E-state index in [0.29, 0.717) is 24.8 Å². The molecule has 2 aromatic carbocycles. The lowest BCUT2D eigenvalue weighted by Crippen LogP contribution is -2.14. The van der Waals surface area contributed by atoms with Crippen molar-refractivity contribution in [2.24, 2.45) is 0 Å². The third-order valence-electron chi connectivity index (χ3n) is 5.27. The van der Waals surface area contributed by atoms with Crippen molar-refractivity contribution < 1.29 is 13.2 Å². The zero-order valence-electron chi connectivity index (χ0n) is 17.0. The summed E-state index contributed by atoms with van der Waals surface area (Å²) in [5.41, 5.74) is 4.54. The Morgan fingerprint density at radius 2 is 1.61 bits per heavy atom. The highest BCUT2D eigenvalue weighted by atomic mass is 32.2. The zero-order valence-corrected chi connectivity index (χ0v) is 17.8. The molecule has 3 rings (SSSR count). The molecule has 1 aromatic heterocycles. The highest BCUT2D eigenvalue weighted by Crippen LogP contribution is 2.32. The number of benzene rings is 2. The van der Waals surface area contributed by atoms with Gasteiger partial charge in [0.2, 0.25) is 0 Å². The van der Waals surface area contributed by atoms with E-state index in [0.717, 1.165) is 34.2 Å². The number of Topliss-reactive ketones (excluding diaryl/α,β-unsaturated/α-hetero) is 1. The molecular formula is C23H27NO3S. The Balaban J connectivity index is 2.14. The third-order valence-corrected chi connectivity index (χ3v) is 7.09. The van der Waals surface area contributed by atoms with Gasteiger partial charge in [-0.15, -0.1) is 0 Å². The van der Waals surface area contributed by atoms with Crippen LogP contribution in [0.1, 0.15) is 48.6 Å². The lowest BCUT2D eigenvalue weighted by atomic mass is 10.0. The molecule has 0 saturated carbocycles. The Hall–Kier alpha value is -2.40. The molecule has 28 heavy (non-hydrogen) atoms. The number of hydrogen-bond donors (Lipinski definition) is 0. The van der Waals surface area contributed by atoms with Crippen LogP contribution in [0, 0.1) is 20.8 Å². The van der Waals surface area contributed by atoms with Gasteiger partial charge < -0.3 is 0 Å². The van der Waals surface area contributed by atoms with E-state index in [2.05, 4.69) is 0 Å². The number of carbonyl (C=O) groups excluding carboxylic acids is 1. The highest BCUT2D eigenvalue weighted by molar-refractivity contribution is 7.90. The molecule has 0 N–H and O–H groups in total. The largest absolute Gasteiger partial charge is 0.300 e. The Morgan fingerprint density at radius 1 is 0.964 bits per heavy atom. The van der Waals surface area contributed by atoms with Crippen LogP contribution in [0.4, 0.5) is 0 Å². The van der Waals surface area contributed by atoms with Crippen LogP contribution < -0.4 is 0 Å². The summed E-state index contributed by atoms with van der Waals surface area (Å²) in [6, 6.07) is 12.8. The molecule has 0 saturated heterocycles. The van der Waals surface area contributed by atoms with Crippen molar-refractivity contribution in [3.63, 3.8) is 0 Å². The van der Waals surface area contributed by atoms with Crippen molar-refractivity contribution in [3.05, 3.63) is 64.8 Å². The second-order valence-corrected chi connectivity index (χ2v) is 9.20. The summed E-state index contributed by atoms with van der Waals surface area (Å²) in [5.74, 6) is 0.241. The van der Waals surface area contributed by atoms with E-state index in [4.69, 9.17) is 0 Å². The molecule has 0 atom stereocenters. The fourth-order valence-corrected chi connectivity index (χ4v) is 5.23. The summed E-state index contributed by atoms with van der Waals surface area (Å²) < 4.78 is 28.3. The molecule has 5 heteroatoms. The van der Waals surface area contributed by atoms with Gasteiger partial charge in [0, 0.05) is 23.9 Å². The molecule has 3 aromatic rings. The Kier molecular flexibility index (Phi) is 5.75. The van der Waals surface area contributed by atoms with E-state index < -0.39 is 10.0 Å². The fraction of sp³-hybridized carbons (Fsp3) is 0.348. The number of ketones is 1. The molecule has 148 valence electrons. The topological polar surface area (TPSA) is 56.1 Å². The maximum atomic E-state index is 13.4. The smallest absolute Gasteiger partial charge is 0.268 e. The predicted octanol–water partition coefficient (Wildman–Crippen LogP) is 5.11. The highest BCUT2D eigenvalue weighted by Gasteiger charge is 2.24. The SMILES string of the molecule is CCC(=O)CCCc1c(C)n(S(=O)(=O)c2ccc(C)cc2)c2ccc(C)cc12. The number of rotatable bonds is 7. The maximum absolute atomic E-state index is 13.4. The van der Waals surface area contributed by atoms with Crippen LogP contribution in [0.5, 0.6) is 0 Å². The average Bonchev–Trinajstić information content (AvgIpc) is 2.93.